The van der Waals surface area contributed by atoms with Gasteiger partial charge in [0.05, 0.1) is 5.56 Å². The average Bonchev–Trinajstić information content (AvgIpc) is 2.73. The lowest BCUT2D eigenvalue weighted by Crippen LogP contribution is -2.49. The fourth-order valence-electron chi connectivity index (χ4n) is 3.14. The Bertz CT molecular complexity index is 982. The number of halogens is 4. The van der Waals surface area contributed by atoms with E-state index in [4.69, 9.17) is 0 Å². The maximum Gasteiger partial charge on any atom is 0.417 e. The Morgan fingerprint density at radius 2 is 1.52 bits per heavy atom. The Labute approximate surface area is 181 Å². The van der Waals surface area contributed by atoms with E-state index >= 15 is 0 Å². The molecule has 2 aromatic rings. The molecule has 0 atom stereocenters. The van der Waals surface area contributed by atoms with Crippen LogP contribution in [0.5, 0.6) is 0 Å². The second-order valence-corrected chi connectivity index (χ2v) is 8.11. The zero-order valence-electron chi connectivity index (χ0n) is 16.7. The van der Waals surface area contributed by atoms with E-state index in [2.05, 4.69) is 0 Å². The minimum absolute atomic E-state index is 0.0731. The van der Waals surface area contributed by atoms with Gasteiger partial charge in [0.1, 0.15) is 5.82 Å². The molecule has 1 heterocycles. The molecule has 1 aliphatic heterocycles. The first-order chi connectivity index (χ1) is 14.6. The quantitative estimate of drug-likeness (QED) is 0.499. The van der Waals surface area contributed by atoms with Crippen LogP contribution in [-0.2, 0) is 15.8 Å². The van der Waals surface area contributed by atoms with Crippen molar-refractivity contribution in [1.29, 1.82) is 0 Å². The molecule has 0 spiro atoms. The summed E-state index contributed by atoms with van der Waals surface area (Å²) in [6.45, 7) is 2.92. The van der Waals surface area contributed by atoms with Crippen molar-refractivity contribution in [1.82, 2.24) is 9.80 Å². The molecule has 0 aliphatic carbocycles. The Morgan fingerprint density at radius 3 is 2.10 bits per heavy atom. The highest BCUT2D eigenvalue weighted by molar-refractivity contribution is 7.99. The maximum absolute atomic E-state index is 13.6. The molecule has 0 N–H and O–H groups in total. The molecule has 0 unspecified atom stereocenters. The Kier molecular flexibility index (Phi) is 7.04. The second-order valence-electron chi connectivity index (χ2n) is 6.97. The summed E-state index contributed by atoms with van der Waals surface area (Å²) < 4.78 is 53.8. The highest BCUT2D eigenvalue weighted by Crippen LogP contribution is 2.37. The molecule has 1 fully saturated rings. The first-order valence-electron chi connectivity index (χ1n) is 9.50. The van der Waals surface area contributed by atoms with Gasteiger partial charge in [0, 0.05) is 49.0 Å². The smallest absolute Gasteiger partial charge is 0.339 e. The average molecular weight is 452 g/mol. The van der Waals surface area contributed by atoms with Crippen molar-refractivity contribution >= 4 is 29.7 Å². The number of alkyl halides is 3. The van der Waals surface area contributed by atoms with Gasteiger partial charge in [-0.05, 0) is 48.0 Å². The number of carbonyl (C=O) groups excluding carboxylic acids is 2. The molecule has 0 saturated carbocycles. The van der Waals surface area contributed by atoms with Crippen LogP contribution in [0.4, 0.5) is 17.6 Å². The zero-order valence-corrected chi connectivity index (χ0v) is 17.5. The van der Waals surface area contributed by atoms with Crippen LogP contribution in [0.1, 0.15) is 18.1 Å². The summed E-state index contributed by atoms with van der Waals surface area (Å²) >= 11 is 1.09. The lowest BCUT2D eigenvalue weighted by Gasteiger charge is -2.33. The van der Waals surface area contributed by atoms with E-state index in [1.165, 1.54) is 48.2 Å². The van der Waals surface area contributed by atoms with Crippen molar-refractivity contribution in [3.8, 4) is 0 Å². The highest BCUT2D eigenvalue weighted by Gasteiger charge is 2.33. The van der Waals surface area contributed by atoms with Crippen LogP contribution in [0.25, 0.3) is 6.08 Å². The monoisotopic (exact) mass is 452 g/mol. The van der Waals surface area contributed by atoms with Gasteiger partial charge in [0.2, 0.25) is 11.8 Å². The molecule has 4 nitrogen and oxygen atoms in total. The first kappa shape index (κ1) is 22.9. The Morgan fingerprint density at radius 1 is 0.935 bits per heavy atom. The molecule has 2 amide bonds. The Hall–Kier alpha value is -2.81. The summed E-state index contributed by atoms with van der Waals surface area (Å²) in [6.07, 6.45) is -2.31. The van der Waals surface area contributed by atoms with Gasteiger partial charge in [-0.2, -0.15) is 13.2 Å². The van der Waals surface area contributed by atoms with E-state index < -0.39 is 23.5 Å². The molecule has 2 aromatic carbocycles. The van der Waals surface area contributed by atoms with Gasteiger partial charge >= 0.3 is 6.18 Å². The molecule has 0 aromatic heterocycles. The summed E-state index contributed by atoms with van der Waals surface area (Å²) in [5.74, 6) is -0.898. The predicted molar refractivity (Wildman–Crippen MR) is 110 cm³/mol. The van der Waals surface area contributed by atoms with Crippen LogP contribution < -0.4 is 0 Å². The van der Waals surface area contributed by atoms with Crippen molar-refractivity contribution in [2.24, 2.45) is 0 Å². The number of carbonyl (C=O) groups is 2. The summed E-state index contributed by atoms with van der Waals surface area (Å²) in [5.41, 5.74) is -0.975. The molecule has 9 heteroatoms. The summed E-state index contributed by atoms with van der Waals surface area (Å²) in [6, 6.07) is 9.32. The lowest BCUT2D eigenvalue weighted by molar-refractivity contribution is -0.138. The molecule has 0 bridgehead atoms. The van der Waals surface area contributed by atoms with Crippen LogP contribution in [0.15, 0.2) is 58.3 Å². The van der Waals surface area contributed by atoms with Gasteiger partial charge in [0.15, 0.2) is 0 Å². The summed E-state index contributed by atoms with van der Waals surface area (Å²) in [7, 11) is 0. The minimum Gasteiger partial charge on any atom is -0.339 e. The molecule has 164 valence electrons. The van der Waals surface area contributed by atoms with Crippen LogP contribution >= 0.6 is 11.8 Å². The van der Waals surface area contributed by atoms with E-state index in [0.29, 0.717) is 36.0 Å². The van der Waals surface area contributed by atoms with Crippen molar-refractivity contribution in [2.45, 2.75) is 22.9 Å². The standard InChI is InChI=1S/C22H20F4N2O2S/c1-15(29)27-10-12-28(13-11-27)21(30)9-3-16-2-6-19(14-20(16)22(24,25)26)31-18-7-4-17(23)5-8-18/h2-9,14H,10-13H2,1H3/b9-3+. The van der Waals surface area contributed by atoms with E-state index in [0.717, 1.165) is 30.0 Å². The normalized spacial score (nSPS) is 14.9. The van der Waals surface area contributed by atoms with Gasteiger partial charge in [-0.1, -0.05) is 17.8 Å². The van der Waals surface area contributed by atoms with Gasteiger partial charge < -0.3 is 9.80 Å². The third-order valence-corrected chi connectivity index (χ3v) is 5.82. The molecule has 3 rings (SSSR count). The topological polar surface area (TPSA) is 40.6 Å². The van der Waals surface area contributed by atoms with E-state index in [-0.39, 0.29) is 11.5 Å². The van der Waals surface area contributed by atoms with Gasteiger partial charge in [-0.15, -0.1) is 0 Å². The van der Waals surface area contributed by atoms with Crippen molar-refractivity contribution in [3.05, 3.63) is 65.5 Å². The number of nitrogens with zero attached hydrogens (tertiary/aromatic N) is 2. The van der Waals surface area contributed by atoms with Gasteiger partial charge in [-0.3, -0.25) is 9.59 Å². The third kappa shape index (κ3) is 6.10. The SMILES string of the molecule is CC(=O)N1CCN(C(=O)/C=C/c2ccc(Sc3ccc(F)cc3)cc2C(F)(F)F)CC1. The van der Waals surface area contributed by atoms with Crippen molar-refractivity contribution < 1.29 is 27.2 Å². The predicted octanol–water partition coefficient (Wildman–Crippen LogP) is 4.70. The van der Waals surface area contributed by atoms with Gasteiger partial charge in [-0.25, -0.2) is 4.39 Å². The van der Waals surface area contributed by atoms with Crippen LogP contribution in [-0.4, -0.2) is 47.8 Å². The first-order valence-corrected chi connectivity index (χ1v) is 10.3. The van der Waals surface area contributed by atoms with Crippen molar-refractivity contribution in [3.63, 3.8) is 0 Å². The molecular weight excluding hydrogens is 432 g/mol. The summed E-state index contributed by atoms with van der Waals surface area (Å²) in [4.78, 5) is 27.8. The van der Waals surface area contributed by atoms with E-state index in [9.17, 15) is 27.2 Å². The van der Waals surface area contributed by atoms with Crippen LogP contribution in [0, 0.1) is 5.82 Å². The maximum atomic E-state index is 13.6. The lowest BCUT2D eigenvalue weighted by atomic mass is 10.1. The second kappa shape index (κ2) is 9.55. The minimum atomic E-state index is -4.60. The number of hydrogen-bond acceptors (Lipinski definition) is 3. The van der Waals surface area contributed by atoms with Gasteiger partial charge in [0.25, 0.3) is 0 Å². The number of benzene rings is 2. The zero-order chi connectivity index (χ0) is 22.6. The summed E-state index contributed by atoms with van der Waals surface area (Å²) in [5, 5.41) is 0. The Balaban J connectivity index is 1.75. The number of rotatable bonds is 4. The molecular formula is C22H20F4N2O2S. The van der Waals surface area contributed by atoms with E-state index in [1.807, 2.05) is 0 Å². The number of hydrogen-bond donors (Lipinski definition) is 0. The molecule has 31 heavy (non-hydrogen) atoms. The molecule has 0 radical (unpaired) electrons. The third-order valence-electron chi connectivity index (χ3n) is 4.82. The molecule has 1 aliphatic rings. The van der Waals surface area contributed by atoms with Crippen LogP contribution in [0.3, 0.4) is 0 Å². The van der Waals surface area contributed by atoms with E-state index in [1.54, 1.807) is 4.90 Å². The largest absolute Gasteiger partial charge is 0.417 e. The van der Waals surface area contributed by atoms with Crippen LogP contribution in [0.2, 0.25) is 0 Å². The van der Waals surface area contributed by atoms with Crippen molar-refractivity contribution in [2.75, 3.05) is 26.2 Å². The fourth-order valence-corrected chi connectivity index (χ4v) is 3.99. The number of piperazine rings is 1. The molecule has 1 saturated heterocycles. The highest BCUT2D eigenvalue weighted by atomic mass is 32.2. The number of amides is 2. The fraction of sp³-hybridized carbons (Fsp3) is 0.273.